The third kappa shape index (κ3) is 4.89. The first kappa shape index (κ1) is 11.9. The average molecular weight is 230 g/mol. The van der Waals surface area contributed by atoms with Crippen molar-refractivity contribution < 1.29 is 0 Å². The van der Waals surface area contributed by atoms with E-state index in [0.29, 0.717) is 0 Å². The van der Waals surface area contributed by atoms with Gasteiger partial charge in [-0.05, 0) is 31.5 Å². The molecular formula is C11H16ClNS. The smallest absolute Gasteiger partial charge is 0.0406 e. The zero-order valence-electron chi connectivity index (χ0n) is 8.59. The molecule has 1 aromatic carbocycles. The van der Waals surface area contributed by atoms with Gasteiger partial charge in [0, 0.05) is 22.1 Å². The zero-order chi connectivity index (χ0) is 10.6. The van der Waals surface area contributed by atoms with Crippen molar-refractivity contribution >= 4 is 23.4 Å². The second-order valence-electron chi connectivity index (χ2n) is 4.11. The number of thioether (sulfide) groups is 1. The van der Waals surface area contributed by atoms with Crippen LogP contribution in [0.2, 0.25) is 5.02 Å². The molecule has 0 radical (unpaired) electrons. The van der Waals surface area contributed by atoms with Crippen molar-refractivity contribution in [3.05, 3.63) is 34.9 Å². The zero-order valence-corrected chi connectivity index (χ0v) is 10.2. The van der Waals surface area contributed by atoms with Gasteiger partial charge in [-0.1, -0.05) is 23.7 Å². The van der Waals surface area contributed by atoms with Crippen LogP contribution in [0.3, 0.4) is 0 Å². The predicted octanol–water partition coefficient (Wildman–Crippen LogP) is 3.31. The molecule has 0 atom stereocenters. The van der Waals surface area contributed by atoms with E-state index in [-0.39, 0.29) is 5.54 Å². The topological polar surface area (TPSA) is 26.0 Å². The lowest BCUT2D eigenvalue weighted by atomic mass is 10.1. The van der Waals surface area contributed by atoms with Crippen molar-refractivity contribution in [1.29, 1.82) is 0 Å². The van der Waals surface area contributed by atoms with Crippen molar-refractivity contribution in [2.75, 3.05) is 5.75 Å². The van der Waals surface area contributed by atoms with Crippen LogP contribution in [0, 0.1) is 0 Å². The van der Waals surface area contributed by atoms with E-state index < -0.39 is 0 Å². The van der Waals surface area contributed by atoms with Gasteiger partial charge in [-0.3, -0.25) is 0 Å². The SMILES string of the molecule is CC(C)(N)CSCc1ccc(Cl)cc1. The van der Waals surface area contributed by atoms with Crippen LogP contribution in [0.15, 0.2) is 24.3 Å². The molecule has 3 heteroatoms. The van der Waals surface area contributed by atoms with Crippen LogP contribution in [0.25, 0.3) is 0 Å². The lowest BCUT2D eigenvalue weighted by Gasteiger charge is -2.17. The minimum Gasteiger partial charge on any atom is -0.325 e. The highest BCUT2D eigenvalue weighted by atomic mass is 35.5. The van der Waals surface area contributed by atoms with E-state index in [1.807, 2.05) is 37.7 Å². The molecule has 0 saturated heterocycles. The number of nitrogens with two attached hydrogens (primary N) is 1. The highest BCUT2D eigenvalue weighted by Crippen LogP contribution is 2.18. The first-order valence-electron chi connectivity index (χ1n) is 4.58. The summed E-state index contributed by atoms with van der Waals surface area (Å²) in [6.45, 7) is 4.09. The molecule has 0 heterocycles. The largest absolute Gasteiger partial charge is 0.325 e. The lowest BCUT2D eigenvalue weighted by Crippen LogP contribution is -2.34. The molecule has 2 N–H and O–H groups in total. The lowest BCUT2D eigenvalue weighted by molar-refractivity contribution is 0.591. The van der Waals surface area contributed by atoms with Crippen LogP contribution in [-0.2, 0) is 5.75 Å². The van der Waals surface area contributed by atoms with Gasteiger partial charge >= 0.3 is 0 Å². The van der Waals surface area contributed by atoms with Crippen LogP contribution < -0.4 is 5.73 Å². The maximum atomic E-state index is 5.88. The fraction of sp³-hybridized carbons (Fsp3) is 0.455. The Kier molecular flexibility index (Phi) is 4.30. The van der Waals surface area contributed by atoms with Crippen LogP contribution in [0.5, 0.6) is 0 Å². The first-order valence-corrected chi connectivity index (χ1v) is 6.12. The summed E-state index contributed by atoms with van der Waals surface area (Å²) < 4.78 is 0. The normalized spacial score (nSPS) is 11.7. The Bertz CT molecular complexity index is 276. The maximum absolute atomic E-state index is 5.88. The highest BCUT2D eigenvalue weighted by molar-refractivity contribution is 7.98. The van der Waals surface area contributed by atoms with Crippen LogP contribution >= 0.6 is 23.4 Å². The summed E-state index contributed by atoms with van der Waals surface area (Å²) in [4.78, 5) is 0. The molecule has 1 rings (SSSR count). The first-order chi connectivity index (χ1) is 6.47. The summed E-state index contributed by atoms with van der Waals surface area (Å²) in [5.74, 6) is 1.97. The van der Waals surface area contributed by atoms with Gasteiger partial charge in [0.25, 0.3) is 0 Å². The Hall–Kier alpha value is -0.180. The Morgan fingerprint density at radius 1 is 1.29 bits per heavy atom. The third-order valence-electron chi connectivity index (χ3n) is 1.66. The van der Waals surface area contributed by atoms with Crippen molar-refractivity contribution in [2.45, 2.75) is 25.1 Å². The molecule has 14 heavy (non-hydrogen) atoms. The second kappa shape index (κ2) is 5.06. The van der Waals surface area contributed by atoms with E-state index in [1.165, 1.54) is 5.56 Å². The van der Waals surface area contributed by atoms with E-state index in [1.54, 1.807) is 0 Å². The fourth-order valence-corrected chi connectivity index (χ4v) is 2.19. The Morgan fingerprint density at radius 3 is 2.36 bits per heavy atom. The summed E-state index contributed by atoms with van der Waals surface area (Å²) in [5, 5.41) is 0.790. The van der Waals surface area contributed by atoms with Gasteiger partial charge in [0.1, 0.15) is 0 Å². The minimum absolute atomic E-state index is 0.0862. The van der Waals surface area contributed by atoms with Crippen LogP contribution in [0.4, 0.5) is 0 Å². The molecule has 0 bridgehead atoms. The number of hydrogen-bond donors (Lipinski definition) is 1. The number of halogens is 1. The summed E-state index contributed by atoms with van der Waals surface area (Å²) in [6, 6.07) is 7.95. The van der Waals surface area contributed by atoms with E-state index >= 15 is 0 Å². The monoisotopic (exact) mass is 229 g/mol. The number of rotatable bonds is 4. The molecule has 0 amide bonds. The van der Waals surface area contributed by atoms with Crippen molar-refractivity contribution in [3.63, 3.8) is 0 Å². The Labute approximate surface area is 95.0 Å². The number of benzene rings is 1. The molecular weight excluding hydrogens is 214 g/mol. The third-order valence-corrected chi connectivity index (χ3v) is 3.39. The molecule has 1 aromatic rings. The number of hydrogen-bond acceptors (Lipinski definition) is 2. The van der Waals surface area contributed by atoms with E-state index in [2.05, 4.69) is 12.1 Å². The van der Waals surface area contributed by atoms with Gasteiger partial charge in [0.15, 0.2) is 0 Å². The second-order valence-corrected chi connectivity index (χ2v) is 5.53. The van der Waals surface area contributed by atoms with Gasteiger partial charge in [0.2, 0.25) is 0 Å². The van der Waals surface area contributed by atoms with Gasteiger partial charge in [-0.25, -0.2) is 0 Å². The van der Waals surface area contributed by atoms with Gasteiger partial charge < -0.3 is 5.73 Å². The van der Waals surface area contributed by atoms with Gasteiger partial charge in [-0.2, -0.15) is 11.8 Å². The maximum Gasteiger partial charge on any atom is 0.0406 e. The van der Waals surface area contributed by atoms with E-state index in [4.69, 9.17) is 17.3 Å². The van der Waals surface area contributed by atoms with Gasteiger partial charge in [0.05, 0.1) is 0 Å². The van der Waals surface area contributed by atoms with Crippen LogP contribution in [0.1, 0.15) is 19.4 Å². The molecule has 0 unspecified atom stereocenters. The van der Waals surface area contributed by atoms with Crippen molar-refractivity contribution in [3.8, 4) is 0 Å². The average Bonchev–Trinajstić information content (AvgIpc) is 2.06. The summed E-state index contributed by atoms with van der Waals surface area (Å²) in [5.41, 5.74) is 7.09. The fourth-order valence-electron chi connectivity index (χ4n) is 1.01. The van der Waals surface area contributed by atoms with Crippen LogP contribution in [-0.4, -0.2) is 11.3 Å². The summed E-state index contributed by atoms with van der Waals surface area (Å²) in [7, 11) is 0. The van der Waals surface area contributed by atoms with Crippen molar-refractivity contribution in [1.82, 2.24) is 0 Å². The van der Waals surface area contributed by atoms with Crippen molar-refractivity contribution in [2.24, 2.45) is 5.73 Å². The van der Waals surface area contributed by atoms with Gasteiger partial charge in [-0.15, -0.1) is 0 Å². The Morgan fingerprint density at radius 2 is 1.86 bits per heavy atom. The molecule has 78 valence electrons. The van der Waals surface area contributed by atoms with E-state index in [0.717, 1.165) is 16.5 Å². The molecule has 0 spiro atoms. The molecule has 0 aliphatic carbocycles. The summed E-state index contributed by atoms with van der Waals surface area (Å²) >= 11 is 7.64. The molecule has 0 aliphatic rings. The van der Waals surface area contributed by atoms with E-state index in [9.17, 15) is 0 Å². The standard InChI is InChI=1S/C11H16ClNS/c1-11(2,13)8-14-7-9-3-5-10(12)6-4-9/h3-6H,7-8,13H2,1-2H3. The molecule has 0 aliphatic heterocycles. The Balaban J connectivity index is 2.35. The molecule has 0 saturated carbocycles. The quantitative estimate of drug-likeness (QED) is 0.858. The highest BCUT2D eigenvalue weighted by Gasteiger charge is 2.09. The molecule has 0 fully saturated rings. The summed E-state index contributed by atoms with van der Waals surface area (Å²) in [6.07, 6.45) is 0. The predicted molar refractivity (Wildman–Crippen MR) is 65.9 cm³/mol. The minimum atomic E-state index is -0.0862. The molecule has 1 nitrogen and oxygen atoms in total. The molecule has 0 aromatic heterocycles.